The molecule has 0 unspecified atom stereocenters. The van der Waals surface area contributed by atoms with Crippen molar-refractivity contribution in [3.8, 4) is 0 Å². The zero-order valence-electron chi connectivity index (χ0n) is 11.7. The van der Waals surface area contributed by atoms with Crippen molar-refractivity contribution in [2.24, 2.45) is 0 Å². The van der Waals surface area contributed by atoms with E-state index in [1.54, 1.807) is 0 Å². The highest BCUT2D eigenvalue weighted by molar-refractivity contribution is 5.86. The number of benzene rings is 1. The Kier molecular flexibility index (Phi) is 2.73. The summed E-state index contributed by atoms with van der Waals surface area (Å²) in [6, 6.07) is 6.60. The molecule has 90 valence electrons. The Labute approximate surface area is 104 Å². The maximum atomic E-state index is 4.66. The van der Waals surface area contributed by atoms with Crippen molar-refractivity contribution >= 4 is 10.9 Å². The van der Waals surface area contributed by atoms with Crippen LogP contribution in [0.3, 0.4) is 0 Å². The van der Waals surface area contributed by atoms with Crippen LogP contribution < -0.4 is 0 Å². The first kappa shape index (κ1) is 12.1. The highest BCUT2D eigenvalue weighted by Crippen LogP contribution is 2.32. The molecule has 0 fully saturated rings. The second-order valence-corrected chi connectivity index (χ2v) is 5.96. The van der Waals surface area contributed by atoms with E-state index in [4.69, 9.17) is 0 Å². The summed E-state index contributed by atoms with van der Waals surface area (Å²) < 4.78 is 0. The van der Waals surface area contributed by atoms with Gasteiger partial charge in [0.15, 0.2) is 0 Å². The third kappa shape index (κ3) is 2.06. The predicted octanol–water partition coefficient (Wildman–Crippen LogP) is 4.46. The Morgan fingerprint density at radius 2 is 1.65 bits per heavy atom. The number of hydrogen-bond donors (Lipinski definition) is 0. The summed E-state index contributed by atoms with van der Waals surface area (Å²) >= 11 is 0. The van der Waals surface area contributed by atoms with Crippen molar-refractivity contribution < 1.29 is 0 Å². The van der Waals surface area contributed by atoms with Crippen LogP contribution in [-0.4, -0.2) is 4.98 Å². The van der Waals surface area contributed by atoms with Gasteiger partial charge in [0.1, 0.15) is 0 Å². The minimum Gasteiger partial charge on any atom is -0.253 e. The number of aromatic nitrogens is 1. The first-order valence-corrected chi connectivity index (χ1v) is 6.19. The Morgan fingerprint density at radius 3 is 2.24 bits per heavy atom. The van der Waals surface area contributed by atoms with Crippen molar-refractivity contribution in [3.63, 3.8) is 0 Å². The minimum atomic E-state index is 0.188. The van der Waals surface area contributed by atoms with E-state index in [1.807, 2.05) is 6.92 Å². The van der Waals surface area contributed by atoms with Gasteiger partial charge in [0.2, 0.25) is 0 Å². The fraction of sp³-hybridized carbons (Fsp3) is 0.438. The monoisotopic (exact) mass is 227 g/mol. The molecule has 0 aliphatic heterocycles. The summed E-state index contributed by atoms with van der Waals surface area (Å²) in [5.41, 5.74) is 6.49. The van der Waals surface area contributed by atoms with Crippen LogP contribution in [0.2, 0.25) is 0 Å². The lowest BCUT2D eigenvalue weighted by Crippen LogP contribution is -2.14. The van der Waals surface area contributed by atoms with Crippen LogP contribution in [0, 0.1) is 20.8 Å². The van der Waals surface area contributed by atoms with Crippen LogP contribution in [-0.2, 0) is 5.41 Å². The molecule has 2 rings (SSSR count). The van der Waals surface area contributed by atoms with Gasteiger partial charge in [-0.1, -0.05) is 32.9 Å². The molecule has 0 amide bonds. The lowest BCUT2D eigenvalue weighted by Gasteiger charge is -2.23. The zero-order valence-corrected chi connectivity index (χ0v) is 11.7. The van der Waals surface area contributed by atoms with Gasteiger partial charge in [0.05, 0.1) is 5.52 Å². The van der Waals surface area contributed by atoms with Gasteiger partial charge in [-0.15, -0.1) is 0 Å². The molecule has 2 aromatic rings. The average molecular weight is 227 g/mol. The van der Waals surface area contributed by atoms with E-state index in [9.17, 15) is 0 Å². The summed E-state index contributed by atoms with van der Waals surface area (Å²) in [7, 11) is 0. The largest absolute Gasteiger partial charge is 0.253 e. The number of hydrogen-bond acceptors (Lipinski definition) is 1. The predicted molar refractivity (Wildman–Crippen MR) is 74.7 cm³/mol. The van der Waals surface area contributed by atoms with Gasteiger partial charge in [-0.05, 0) is 48.9 Å². The third-order valence-corrected chi connectivity index (χ3v) is 3.38. The minimum absolute atomic E-state index is 0.188. The maximum Gasteiger partial charge on any atom is 0.0737 e. The Morgan fingerprint density at radius 1 is 1.00 bits per heavy atom. The highest BCUT2D eigenvalue weighted by atomic mass is 14.7. The van der Waals surface area contributed by atoms with E-state index in [-0.39, 0.29) is 5.41 Å². The molecule has 1 heteroatoms. The SMILES string of the molecule is Cc1ccc2c(C)c(C(C)(C)C)cc(C)c2n1. The van der Waals surface area contributed by atoms with Gasteiger partial charge < -0.3 is 0 Å². The second kappa shape index (κ2) is 3.83. The molecule has 0 N–H and O–H groups in total. The average Bonchev–Trinajstić information content (AvgIpc) is 2.21. The molecular weight excluding hydrogens is 206 g/mol. The lowest BCUT2D eigenvalue weighted by molar-refractivity contribution is 0.586. The molecule has 0 aliphatic rings. The van der Waals surface area contributed by atoms with E-state index < -0.39 is 0 Å². The molecule has 0 spiro atoms. The summed E-state index contributed by atoms with van der Waals surface area (Å²) in [6.07, 6.45) is 0. The molecular formula is C16H21N. The number of aryl methyl sites for hydroxylation is 3. The van der Waals surface area contributed by atoms with Crippen LogP contribution in [0.15, 0.2) is 18.2 Å². The number of fused-ring (bicyclic) bond motifs is 1. The molecule has 0 aliphatic carbocycles. The van der Waals surface area contributed by atoms with E-state index >= 15 is 0 Å². The fourth-order valence-electron chi connectivity index (χ4n) is 2.48. The summed E-state index contributed by atoms with van der Waals surface area (Å²) in [5.74, 6) is 0. The summed E-state index contributed by atoms with van der Waals surface area (Å²) in [4.78, 5) is 4.66. The first-order valence-electron chi connectivity index (χ1n) is 6.19. The second-order valence-electron chi connectivity index (χ2n) is 5.96. The molecule has 0 saturated heterocycles. The molecule has 1 aromatic heterocycles. The van der Waals surface area contributed by atoms with E-state index in [0.717, 1.165) is 11.2 Å². The van der Waals surface area contributed by atoms with E-state index in [2.05, 4.69) is 57.8 Å². The standard InChI is InChI=1S/C16H21N/c1-10-9-14(16(4,5)6)12(3)13-8-7-11(2)17-15(10)13/h7-9H,1-6H3. The van der Waals surface area contributed by atoms with Crippen LogP contribution in [0.1, 0.15) is 43.2 Å². The smallest absolute Gasteiger partial charge is 0.0737 e. The van der Waals surface area contributed by atoms with Crippen molar-refractivity contribution in [1.29, 1.82) is 0 Å². The Balaban J connectivity index is 2.86. The summed E-state index contributed by atoms with van der Waals surface area (Å²) in [5, 5.41) is 1.29. The first-order chi connectivity index (χ1) is 7.80. The number of rotatable bonds is 0. The van der Waals surface area contributed by atoms with Gasteiger partial charge in [-0.25, -0.2) is 0 Å². The molecule has 0 saturated carbocycles. The van der Waals surface area contributed by atoms with Gasteiger partial charge in [-0.3, -0.25) is 4.98 Å². The number of nitrogens with zero attached hydrogens (tertiary/aromatic N) is 1. The van der Waals surface area contributed by atoms with Gasteiger partial charge >= 0.3 is 0 Å². The molecule has 0 radical (unpaired) electrons. The third-order valence-electron chi connectivity index (χ3n) is 3.38. The number of pyridine rings is 1. The lowest BCUT2D eigenvalue weighted by atomic mass is 9.82. The maximum absolute atomic E-state index is 4.66. The van der Waals surface area contributed by atoms with Crippen molar-refractivity contribution in [2.45, 2.75) is 47.0 Å². The van der Waals surface area contributed by atoms with Crippen molar-refractivity contribution in [2.75, 3.05) is 0 Å². The molecule has 1 nitrogen and oxygen atoms in total. The molecule has 0 bridgehead atoms. The molecule has 0 atom stereocenters. The summed E-state index contributed by atoms with van der Waals surface area (Å²) in [6.45, 7) is 13.2. The van der Waals surface area contributed by atoms with E-state index in [1.165, 1.54) is 22.1 Å². The quantitative estimate of drug-likeness (QED) is 0.647. The van der Waals surface area contributed by atoms with Crippen molar-refractivity contribution in [3.05, 3.63) is 40.6 Å². The van der Waals surface area contributed by atoms with Crippen LogP contribution in [0.5, 0.6) is 0 Å². The highest BCUT2D eigenvalue weighted by Gasteiger charge is 2.19. The van der Waals surface area contributed by atoms with Crippen LogP contribution in [0.4, 0.5) is 0 Å². The molecule has 1 aromatic carbocycles. The Bertz CT molecular complexity index is 574. The normalized spacial score (nSPS) is 12.1. The van der Waals surface area contributed by atoms with Crippen LogP contribution in [0.25, 0.3) is 10.9 Å². The van der Waals surface area contributed by atoms with Gasteiger partial charge in [-0.2, -0.15) is 0 Å². The zero-order chi connectivity index (χ0) is 12.8. The molecule has 17 heavy (non-hydrogen) atoms. The van der Waals surface area contributed by atoms with Gasteiger partial charge in [0, 0.05) is 11.1 Å². The Hall–Kier alpha value is -1.37. The van der Waals surface area contributed by atoms with E-state index in [0.29, 0.717) is 0 Å². The fourth-order valence-corrected chi connectivity index (χ4v) is 2.48. The molecule has 1 heterocycles. The van der Waals surface area contributed by atoms with Crippen molar-refractivity contribution in [1.82, 2.24) is 4.98 Å². The van der Waals surface area contributed by atoms with Gasteiger partial charge in [0.25, 0.3) is 0 Å². The van der Waals surface area contributed by atoms with Crippen LogP contribution >= 0.6 is 0 Å². The topological polar surface area (TPSA) is 12.9 Å².